The van der Waals surface area contributed by atoms with Gasteiger partial charge >= 0.3 is 0 Å². The first kappa shape index (κ1) is 14.4. The maximum absolute atomic E-state index is 10.5. The summed E-state index contributed by atoms with van der Waals surface area (Å²) >= 11 is 11.8. The zero-order chi connectivity index (χ0) is 14.0. The third-order valence-corrected chi connectivity index (χ3v) is 3.69. The molecule has 100 valence electrons. The van der Waals surface area contributed by atoms with Crippen LogP contribution in [0.2, 0.25) is 10.0 Å². The molecule has 0 radical (unpaired) electrons. The van der Waals surface area contributed by atoms with E-state index in [4.69, 9.17) is 28.9 Å². The van der Waals surface area contributed by atoms with Crippen LogP contribution in [0.3, 0.4) is 0 Å². The monoisotopic (exact) mass is 295 g/mol. The third-order valence-electron chi connectivity index (χ3n) is 3.20. The lowest BCUT2D eigenvalue weighted by Crippen LogP contribution is -2.39. The highest BCUT2D eigenvalue weighted by Gasteiger charge is 2.31. The summed E-state index contributed by atoms with van der Waals surface area (Å²) in [6.45, 7) is 1.78. The largest absolute Gasteiger partial charge is 0.386 e. The van der Waals surface area contributed by atoms with Gasteiger partial charge in [-0.3, -0.25) is 0 Å². The van der Waals surface area contributed by atoms with E-state index in [1.807, 2.05) is 12.1 Å². The molecule has 0 aromatic heterocycles. The average Bonchev–Trinajstić information content (AvgIpc) is 2.38. The number of rotatable bonds is 3. The lowest BCUT2D eigenvalue weighted by atomic mass is 9.84. The van der Waals surface area contributed by atoms with Gasteiger partial charge in [0.15, 0.2) is 0 Å². The first-order valence-corrected chi connectivity index (χ1v) is 6.65. The van der Waals surface area contributed by atoms with Crippen molar-refractivity contribution in [3.63, 3.8) is 0 Å². The molecule has 3 N–H and O–H groups in total. The minimum Gasteiger partial charge on any atom is -0.386 e. The molecule has 2 aromatic carbocycles. The summed E-state index contributed by atoms with van der Waals surface area (Å²) in [5, 5.41) is 11.7. The van der Waals surface area contributed by atoms with Crippen molar-refractivity contribution < 1.29 is 5.11 Å². The Morgan fingerprint density at radius 1 is 1.05 bits per heavy atom. The molecule has 0 spiro atoms. The van der Waals surface area contributed by atoms with Crippen molar-refractivity contribution in [3.05, 3.63) is 69.7 Å². The van der Waals surface area contributed by atoms with E-state index >= 15 is 0 Å². The quantitative estimate of drug-likeness (QED) is 0.902. The smallest absolute Gasteiger partial charge is 0.101 e. The van der Waals surface area contributed by atoms with E-state index in [1.54, 1.807) is 43.3 Å². The van der Waals surface area contributed by atoms with Gasteiger partial charge in [0.25, 0.3) is 0 Å². The maximum Gasteiger partial charge on any atom is 0.101 e. The number of nitrogens with two attached hydrogens (primary N) is 1. The van der Waals surface area contributed by atoms with E-state index in [9.17, 15) is 5.11 Å². The Bertz CT molecular complexity index is 567. The van der Waals surface area contributed by atoms with E-state index in [1.165, 1.54) is 0 Å². The Labute approximate surface area is 122 Å². The Balaban J connectivity index is 2.35. The van der Waals surface area contributed by atoms with Crippen LogP contribution < -0.4 is 5.73 Å². The number of benzene rings is 2. The van der Waals surface area contributed by atoms with Crippen molar-refractivity contribution >= 4 is 23.2 Å². The van der Waals surface area contributed by atoms with Crippen LogP contribution in [0, 0.1) is 0 Å². The highest BCUT2D eigenvalue weighted by atomic mass is 35.5. The van der Waals surface area contributed by atoms with Crippen LogP contribution in [-0.4, -0.2) is 5.11 Å². The van der Waals surface area contributed by atoms with Crippen LogP contribution in [0.25, 0.3) is 0 Å². The predicted octanol–water partition coefficient (Wildman–Crippen LogP) is 3.90. The Morgan fingerprint density at radius 3 is 2.26 bits per heavy atom. The number of aliphatic hydroxyl groups excluding tert-OH is 1. The van der Waals surface area contributed by atoms with Gasteiger partial charge in [0.2, 0.25) is 0 Å². The molecular weight excluding hydrogens is 281 g/mol. The van der Waals surface area contributed by atoms with Gasteiger partial charge in [-0.15, -0.1) is 0 Å². The van der Waals surface area contributed by atoms with Crippen LogP contribution in [-0.2, 0) is 5.54 Å². The molecule has 2 atom stereocenters. The molecule has 0 aliphatic carbocycles. The summed E-state index contributed by atoms with van der Waals surface area (Å²) in [6, 6.07) is 14.2. The second-order valence-electron chi connectivity index (χ2n) is 4.75. The van der Waals surface area contributed by atoms with Crippen LogP contribution >= 0.6 is 23.2 Å². The molecule has 0 aliphatic heterocycles. The number of halogens is 2. The SMILES string of the molecule is CC(N)(c1ccc(Cl)cc1)[C@@H](O)c1cccc(Cl)c1. The fraction of sp³-hybridized carbons (Fsp3) is 0.200. The fourth-order valence-electron chi connectivity index (χ4n) is 1.99. The molecule has 0 heterocycles. The lowest BCUT2D eigenvalue weighted by molar-refractivity contribution is 0.0932. The molecular formula is C15H15Cl2NO. The minimum atomic E-state index is -0.921. The summed E-state index contributed by atoms with van der Waals surface area (Å²) in [4.78, 5) is 0. The maximum atomic E-state index is 10.5. The Kier molecular flexibility index (Phi) is 4.16. The summed E-state index contributed by atoms with van der Waals surface area (Å²) in [5.74, 6) is 0. The number of hydrogen-bond acceptors (Lipinski definition) is 2. The topological polar surface area (TPSA) is 46.2 Å². The van der Waals surface area contributed by atoms with Gasteiger partial charge in [-0.25, -0.2) is 0 Å². The normalized spacial score (nSPS) is 15.8. The van der Waals surface area contributed by atoms with Crippen LogP contribution in [0.1, 0.15) is 24.2 Å². The fourth-order valence-corrected chi connectivity index (χ4v) is 2.31. The molecule has 0 bridgehead atoms. The van der Waals surface area contributed by atoms with E-state index < -0.39 is 11.6 Å². The average molecular weight is 296 g/mol. The van der Waals surface area contributed by atoms with Crippen LogP contribution in [0.4, 0.5) is 0 Å². The Hall–Kier alpha value is -1.06. The van der Waals surface area contributed by atoms with Gasteiger partial charge in [-0.1, -0.05) is 47.5 Å². The summed E-state index contributed by atoms with van der Waals surface area (Å²) < 4.78 is 0. The second-order valence-corrected chi connectivity index (χ2v) is 5.62. The second kappa shape index (κ2) is 5.51. The molecule has 1 unspecified atom stereocenters. The van der Waals surface area contributed by atoms with E-state index in [-0.39, 0.29) is 0 Å². The highest BCUT2D eigenvalue weighted by Crippen LogP contribution is 2.33. The Morgan fingerprint density at radius 2 is 1.68 bits per heavy atom. The highest BCUT2D eigenvalue weighted by molar-refractivity contribution is 6.30. The third kappa shape index (κ3) is 3.10. The molecule has 2 rings (SSSR count). The number of hydrogen-bond donors (Lipinski definition) is 2. The van der Waals surface area contributed by atoms with Crippen molar-refractivity contribution in [2.24, 2.45) is 5.73 Å². The summed E-state index contributed by atoms with van der Waals surface area (Å²) in [5.41, 5.74) is 6.85. The van der Waals surface area contributed by atoms with Crippen LogP contribution in [0.15, 0.2) is 48.5 Å². The van der Waals surface area contributed by atoms with Crippen molar-refractivity contribution in [2.75, 3.05) is 0 Å². The minimum absolute atomic E-state index is 0.573. The van der Waals surface area contributed by atoms with E-state index in [2.05, 4.69) is 0 Å². The molecule has 0 saturated heterocycles. The first-order chi connectivity index (χ1) is 8.91. The van der Waals surface area contributed by atoms with Crippen molar-refractivity contribution in [3.8, 4) is 0 Å². The molecule has 0 fully saturated rings. The van der Waals surface area contributed by atoms with Gasteiger partial charge in [-0.05, 0) is 42.3 Å². The van der Waals surface area contributed by atoms with Gasteiger partial charge < -0.3 is 10.8 Å². The molecule has 19 heavy (non-hydrogen) atoms. The predicted molar refractivity (Wildman–Crippen MR) is 79.4 cm³/mol. The molecule has 2 aromatic rings. The lowest BCUT2D eigenvalue weighted by Gasteiger charge is -2.31. The molecule has 0 saturated carbocycles. The molecule has 0 aliphatic rings. The van der Waals surface area contributed by atoms with Gasteiger partial charge in [-0.2, -0.15) is 0 Å². The number of aliphatic hydroxyl groups is 1. The van der Waals surface area contributed by atoms with Crippen molar-refractivity contribution in [1.29, 1.82) is 0 Å². The van der Waals surface area contributed by atoms with E-state index in [0.717, 1.165) is 5.56 Å². The summed E-state index contributed by atoms with van der Waals surface area (Å²) in [7, 11) is 0. The molecule has 0 amide bonds. The van der Waals surface area contributed by atoms with Gasteiger partial charge in [0.05, 0.1) is 5.54 Å². The van der Waals surface area contributed by atoms with Crippen molar-refractivity contribution in [1.82, 2.24) is 0 Å². The van der Waals surface area contributed by atoms with Gasteiger partial charge in [0, 0.05) is 10.0 Å². The molecule has 4 heteroatoms. The summed E-state index contributed by atoms with van der Waals surface area (Å²) in [6.07, 6.45) is -0.854. The first-order valence-electron chi connectivity index (χ1n) is 5.89. The van der Waals surface area contributed by atoms with Crippen molar-refractivity contribution in [2.45, 2.75) is 18.6 Å². The van der Waals surface area contributed by atoms with Crippen LogP contribution in [0.5, 0.6) is 0 Å². The van der Waals surface area contributed by atoms with E-state index in [0.29, 0.717) is 15.6 Å². The zero-order valence-corrected chi connectivity index (χ0v) is 12.0. The zero-order valence-electron chi connectivity index (χ0n) is 10.5. The van der Waals surface area contributed by atoms with Gasteiger partial charge in [0.1, 0.15) is 6.10 Å². The molecule has 2 nitrogen and oxygen atoms in total. The standard InChI is InChI=1S/C15H15Cl2NO/c1-15(18,11-5-7-12(16)8-6-11)14(19)10-3-2-4-13(17)9-10/h2-9,14,19H,18H2,1H3/t14-,15?/m0/s1.